The summed E-state index contributed by atoms with van der Waals surface area (Å²) in [5, 5.41) is 13.5. The van der Waals surface area contributed by atoms with E-state index in [9.17, 15) is 14.4 Å². The molecule has 0 aliphatic carbocycles. The van der Waals surface area contributed by atoms with Gasteiger partial charge in [-0.15, -0.1) is 23.1 Å². The number of carbonyl (C=O) groups is 3. The minimum atomic E-state index is -0.827. The molecule has 1 saturated heterocycles. The van der Waals surface area contributed by atoms with Crippen LogP contribution in [0.15, 0.2) is 5.38 Å². The van der Waals surface area contributed by atoms with Gasteiger partial charge in [-0.3, -0.25) is 14.4 Å². The Bertz CT molecular complexity index is 546. The normalized spacial score (nSPS) is 14.5. The number of carboxylic acid groups (broad SMARTS) is 1. The van der Waals surface area contributed by atoms with Gasteiger partial charge >= 0.3 is 5.97 Å². The number of amides is 2. The van der Waals surface area contributed by atoms with Crippen molar-refractivity contribution < 1.29 is 19.5 Å². The molecule has 1 aliphatic heterocycles. The summed E-state index contributed by atoms with van der Waals surface area (Å²) in [5.74, 6) is -0.143. The van der Waals surface area contributed by atoms with E-state index in [0.717, 1.165) is 5.69 Å². The summed E-state index contributed by atoms with van der Waals surface area (Å²) in [6, 6.07) is 0. The van der Waals surface area contributed by atoms with Gasteiger partial charge in [0.25, 0.3) is 0 Å². The van der Waals surface area contributed by atoms with E-state index in [0.29, 0.717) is 29.6 Å². The van der Waals surface area contributed by atoms with Crippen LogP contribution in [0.5, 0.6) is 0 Å². The topological polar surface area (TPSA) is 99.6 Å². The molecule has 0 radical (unpaired) electrons. The van der Waals surface area contributed by atoms with Gasteiger partial charge in [0.05, 0.1) is 17.3 Å². The summed E-state index contributed by atoms with van der Waals surface area (Å²) in [6.45, 7) is 0.0414. The number of aryl methyl sites for hydroxylation is 1. The molecule has 21 heavy (non-hydrogen) atoms. The number of thioether (sulfide) groups is 1. The van der Waals surface area contributed by atoms with Gasteiger partial charge in [-0.2, -0.15) is 0 Å². The van der Waals surface area contributed by atoms with Crippen LogP contribution in [-0.2, 0) is 20.8 Å². The number of nitrogens with one attached hydrogen (secondary N) is 1. The second-order valence-corrected chi connectivity index (χ2v) is 6.32. The fourth-order valence-corrected chi connectivity index (χ4v) is 3.44. The second kappa shape index (κ2) is 7.41. The molecule has 114 valence electrons. The summed E-state index contributed by atoms with van der Waals surface area (Å²) in [4.78, 5) is 39.4. The summed E-state index contributed by atoms with van der Waals surface area (Å²) in [6.07, 6.45) is 1.19. The van der Waals surface area contributed by atoms with E-state index in [2.05, 4.69) is 10.3 Å². The van der Waals surface area contributed by atoms with Gasteiger partial charge in [0.2, 0.25) is 11.8 Å². The summed E-state index contributed by atoms with van der Waals surface area (Å²) in [5.41, 5.74) is 0.768. The zero-order valence-electron chi connectivity index (χ0n) is 11.2. The van der Waals surface area contributed by atoms with E-state index in [-0.39, 0.29) is 24.8 Å². The van der Waals surface area contributed by atoms with Crippen molar-refractivity contribution in [2.24, 2.45) is 0 Å². The lowest BCUT2D eigenvalue weighted by atomic mass is 10.2. The van der Waals surface area contributed by atoms with Crippen molar-refractivity contribution in [1.29, 1.82) is 0 Å². The number of hydrogen-bond donors (Lipinski definition) is 2. The molecule has 1 fully saturated rings. The fraction of sp³-hybridized carbons (Fsp3) is 0.500. The minimum absolute atomic E-state index is 0.0244. The van der Waals surface area contributed by atoms with E-state index >= 15 is 0 Å². The molecule has 0 spiro atoms. The highest BCUT2D eigenvalue weighted by molar-refractivity contribution is 8.00. The highest BCUT2D eigenvalue weighted by Crippen LogP contribution is 2.18. The van der Waals surface area contributed by atoms with E-state index in [1.807, 2.05) is 0 Å². The van der Waals surface area contributed by atoms with E-state index in [4.69, 9.17) is 5.11 Å². The highest BCUT2D eigenvalue weighted by Gasteiger charge is 2.23. The quantitative estimate of drug-likeness (QED) is 0.775. The standard InChI is InChI=1S/C12H15N3O4S2/c16-9(4-15-7-20-6-10(15)17)14-12-13-8(5-21-12)2-1-3-11(18)19/h5H,1-4,6-7H2,(H,18,19)(H,13,14,16). The van der Waals surface area contributed by atoms with Crippen LogP contribution in [-0.4, -0.2) is 50.9 Å². The van der Waals surface area contributed by atoms with Crippen molar-refractivity contribution >= 4 is 46.0 Å². The zero-order valence-corrected chi connectivity index (χ0v) is 12.8. The number of rotatable bonds is 7. The fourth-order valence-electron chi connectivity index (χ4n) is 1.77. The predicted octanol–water partition coefficient (Wildman–Crippen LogP) is 1.02. The third-order valence-corrected chi connectivity index (χ3v) is 4.53. The number of nitrogens with zero attached hydrogens (tertiary/aromatic N) is 2. The lowest BCUT2D eigenvalue weighted by molar-refractivity contribution is -0.137. The Kier molecular flexibility index (Phi) is 5.57. The Hall–Kier alpha value is -1.61. The third kappa shape index (κ3) is 5.01. The molecule has 2 heterocycles. The SMILES string of the molecule is O=C(O)CCCc1csc(NC(=O)CN2CSCC2=O)n1. The molecule has 1 aromatic heterocycles. The maximum absolute atomic E-state index is 11.8. The largest absolute Gasteiger partial charge is 0.481 e. The van der Waals surface area contributed by atoms with Gasteiger partial charge in [0.15, 0.2) is 5.13 Å². The van der Waals surface area contributed by atoms with E-state index < -0.39 is 5.97 Å². The molecule has 9 heteroatoms. The number of aromatic nitrogens is 1. The molecule has 0 bridgehead atoms. The third-order valence-electron chi connectivity index (χ3n) is 2.78. The molecular weight excluding hydrogens is 314 g/mol. The highest BCUT2D eigenvalue weighted by atomic mass is 32.2. The minimum Gasteiger partial charge on any atom is -0.481 e. The molecule has 2 N–H and O–H groups in total. The van der Waals surface area contributed by atoms with Crippen molar-refractivity contribution in [3.8, 4) is 0 Å². The molecule has 1 aromatic rings. The van der Waals surface area contributed by atoms with E-state index in [1.165, 1.54) is 28.0 Å². The molecule has 2 rings (SSSR count). The lowest BCUT2D eigenvalue weighted by Crippen LogP contribution is -2.34. The number of aliphatic carboxylic acids is 1. The lowest BCUT2D eigenvalue weighted by Gasteiger charge is -2.12. The average Bonchev–Trinajstić information content (AvgIpc) is 3.00. The van der Waals surface area contributed by atoms with Gasteiger partial charge < -0.3 is 15.3 Å². The summed E-state index contributed by atoms with van der Waals surface area (Å²) >= 11 is 2.79. The smallest absolute Gasteiger partial charge is 0.303 e. The maximum atomic E-state index is 11.8. The van der Waals surface area contributed by atoms with Gasteiger partial charge in [-0.1, -0.05) is 0 Å². The van der Waals surface area contributed by atoms with Crippen LogP contribution in [0.25, 0.3) is 0 Å². The van der Waals surface area contributed by atoms with Crippen LogP contribution in [0.3, 0.4) is 0 Å². The summed E-state index contributed by atoms with van der Waals surface area (Å²) in [7, 11) is 0. The zero-order chi connectivity index (χ0) is 15.2. The van der Waals surface area contributed by atoms with Crippen molar-refractivity contribution in [2.45, 2.75) is 19.3 Å². The first-order valence-corrected chi connectivity index (χ1v) is 8.39. The monoisotopic (exact) mass is 329 g/mol. The van der Waals surface area contributed by atoms with E-state index in [1.54, 1.807) is 5.38 Å². The Balaban J connectivity index is 1.77. The predicted molar refractivity (Wildman–Crippen MR) is 80.4 cm³/mol. The average molecular weight is 329 g/mol. The molecule has 2 amide bonds. The van der Waals surface area contributed by atoms with Crippen LogP contribution >= 0.6 is 23.1 Å². The van der Waals surface area contributed by atoms with Crippen molar-refractivity contribution in [3.05, 3.63) is 11.1 Å². The van der Waals surface area contributed by atoms with Crippen molar-refractivity contribution in [3.63, 3.8) is 0 Å². The molecule has 1 aliphatic rings. The second-order valence-electron chi connectivity index (χ2n) is 4.51. The Morgan fingerprint density at radius 2 is 2.29 bits per heavy atom. The number of carboxylic acids is 1. The van der Waals surface area contributed by atoms with Crippen LogP contribution < -0.4 is 5.32 Å². The van der Waals surface area contributed by atoms with Crippen LogP contribution in [0.2, 0.25) is 0 Å². The van der Waals surface area contributed by atoms with Gasteiger partial charge in [-0.25, -0.2) is 4.98 Å². The van der Waals surface area contributed by atoms with Crippen LogP contribution in [0, 0.1) is 0 Å². The number of thiazole rings is 1. The van der Waals surface area contributed by atoms with Crippen LogP contribution in [0.4, 0.5) is 5.13 Å². The number of anilines is 1. The molecule has 0 saturated carbocycles. The summed E-state index contributed by atoms with van der Waals surface area (Å²) < 4.78 is 0. The molecule has 0 unspecified atom stereocenters. The van der Waals surface area contributed by atoms with Crippen LogP contribution in [0.1, 0.15) is 18.5 Å². The van der Waals surface area contributed by atoms with Gasteiger partial charge in [0.1, 0.15) is 6.54 Å². The maximum Gasteiger partial charge on any atom is 0.303 e. The van der Waals surface area contributed by atoms with Crippen molar-refractivity contribution in [2.75, 3.05) is 23.5 Å². The molecular formula is C12H15N3O4S2. The number of hydrogen-bond acceptors (Lipinski definition) is 6. The Morgan fingerprint density at radius 3 is 2.95 bits per heavy atom. The molecule has 0 atom stereocenters. The first-order valence-electron chi connectivity index (χ1n) is 6.36. The molecule has 0 aromatic carbocycles. The number of carbonyl (C=O) groups excluding carboxylic acids is 2. The van der Waals surface area contributed by atoms with Gasteiger partial charge in [0, 0.05) is 11.8 Å². The van der Waals surface area contributed by atoms with Crippen molar-refractivity contribution in [1.82, 2.24) is 9.88 Å². The Morgan fingerprint density at radius 1 is 1.48 bits per heavy atom. The first kappa shape index (κ1) is 15.8. The van der Waals surface area contributed by atoms with Gasteiger partial charge in [-0.05, 0) is 12.8 Å². The Labute approximate surface area is 129 Å². The molecule has 7 nitrogen and oxygen atoms in total. The first-order chi connectivity index (χ1) is 10.0.